The van der Waals surface area contributed by atoms with Gasteiger partial charge < -0.3 is 9.47 Å². The number of halogens is 2. The maximum atomic E-state index is 6.27. The number of H-pyrrole nitrogens is 1. The second-order valence-electron chi connectivity index (χ2n) is 5.14. The third-order valence-corrected chi connectivity index (χ3v) is 4.39. The Morgan fingerprint density at radius 2 is 1.96 bits per heavy atom. The Balaban J connectivity index is 2.03. The minimum Gasteiger partial charge on any atom is -0.497 e. The molecule has 0 aliphatic heterocycles. The van der Waals surface area contributed by atoms with Crippen LogP contribution in [0.25, 0.3) is 11.4 Å². The van der Waals surface area contributed by atoms with Crippen LogP contribution in [0.4, 0.5) is 0 Å². The van der Waals surface area contributed by atoms with E-state index in [0.717, 1.165) is 5.56 Å². The molecule has 3 aromatic rings. The smallest absolute Gasteiger partial charge is 0.216 e. The summed E-state index contributed by atoms with van der Waals surface area (Å²) in [7, 11) is 3.17. The number of nitrogens with one attached hydrogen (secondary N) is 1. The number of ether oxygens (including phenoxy) is 2. The van der Waals surface area contributed by atoms with Crippen molar-refractivity contribution in [1.29, 1.82) is 0 Å². The van der Waals surface area contributed by atoms with E-state index in [1.165, 1.54) is 4.68 Å². The van der Waals surface area contributed by atoms with Crippen LogP contribution in [0, 0.1) is 4.77 Å². The van der Waals surface area contributed by atoms with Crippen LogP contribution in [0.1, 0.15) is 5.56 Å². The largest absolute Gasteiger partial charge is 0.497 e. The maximum Gasteiger partial charge on any atom is 0.216 e. The van der Waals surface area contributed by atoms with Crippen molar-refractivity contribution in [3.8, 4) is 22.9 Å². The Bertz CT molecular complexity index is 1030. The second kappa shape index (κ2) is 7.90. The molecule has 1 aromatic heterocycles. The van der Waals surface area contributed by atoms with Gasteiger partial charge in [0.05, 0.1) is 25.5 Å². The van der Waals surface area contributed by atoms with Crippen LogP contribution in [-0.4, -0.2) is 35.3 Å². The van der Waals surface area contributed by atoms with E-state index in [-0.39, 0.29) is 0 Å². The fraction of sp³-hybridized carbons (Fsp3) is 0.118. The average molecular weight is 409 g/mol. The topological polar surface area (TPSA) is 64.4 Å². The second-order valence-corrected chi connectivity index (χ2v) is 6.37. The van der Waals surface area contributed by atoms with Crippen molar-refractivity contribution in [1.82, 2.24) is 14.9 Å². The van der Waals surface area contributed by atoms with E-state index in [0.29, 0.717) is 37.7 Å². The van der Waals surface area contributed by atoms with Gasteiger partial charge in [-0.25, -0.2) is 5.10 Å². The highest BCUT2D eigenvalue weighted by Gasteiger charge is 2.12. The molecule has 1 heterocycles. The Kier molecular flexibility index (Phi) is 5.61. The Morgan fingerprint density at radius 3 is 2.65 bits per heavy atom. The molecule has 0 saturated carbocycles. The highest BCUT2D eigenvalue weighted by molar-refractivity contribution is 7.71. The first-order valence-corrected chi connectivity index (χ1v) is 8.59. The SMILES string of the molecule is COc1ccc(C=Nn2c(-c3ccc(Cl)cc3Cl)n[nH]c2=S)c(OC)c1. The van der Waals surface area contributed by atoms with Gasteiger partial charge in [-0.2, -0.15) is 14.9 Å². The normalized spacial score (nSPS) is 11.1. The zero-order valence-electron chi connectivity index (χ0n) is 13.9. The number of aromatic nitrogens is 3. The molecule has 0 aliphatic rings. The van der Waals surface area contributed by atoms with E-state index in [9.17, 15) is 0 Å². The van der Waals surface area contributed by atoms with Crippen molar-refractivity contribution in [2.24, 2.45) is 5.10 Å². The van der Waals surface area contributed by atoms with E-state index in [4.69, 9.17) is 44.9 Å². The average Bonchev–Trinajstić information content (AvgIpc) is 3.00. The highest BCUT2D eigenvalue weighted by Crippen LogP contribution is 2.29. The molecule has 0 amide bonds. The molecule has 9 heteroatoms. The molecule has 0 aliphatic carbocycles. The van der Waals surface area contributed by atoms with Crippen LogP contribution >= 0.6 is 35.4 Å². The van der Waals surface area contributed by atoms with Crippen molar-refractivity contribution in [3.63, 3.8) is 0 Å². The van der Waals surface area contributed by atoms with Gasteiger partial charge in [0.1, 0.15) is 11.5 Å². The van der Waals surface area contributed by atoms with Crippen LogP contribution in [-0.2, 0) is 0 Å². The third kappa shape index (κ3) is 3.75. The Labute approximate surface area is 165 Å². The molecule has 3 rings (SSSR count). The molecule has 0 atom stereocenters. The maximum absolute atomic E-state index is 6.27. The molecule has 1 N–H and O–H groups in total. The first-order valence-electron chi connectivity index (χ1n) is 7.42. The van der Waals surface area contributed by atoms with Crippen molar-refractivity contribution < 1.29 is 9.47 Å². The summed E-state index contributed by atoms with van der Waals surface area (Å²) >= 11 is 17.5. The Morgan fingerprint density at radius 1 is 1.15 bits per heavy atom. The number of nitrogens with zero attached hydrogens (tertiary/aromatic N) is 3. The van der Waals surface area contributed by atoms with Gasteiger partial charge in [0.15, 0.2) is 5.82 Å². The number of hydrogen-bond acceptors (Lipinski definition) is 5. The van der Waals surface area contributed by atoms with Crippen molar-refractivity contribution in [2.75, 3.05) is 14.2 Å². The van der Waals surface area contributed by atoms with Crippen molar-refractivity contribution >= 4 is 41.6 Å². The predicted octanol–water partition coefficient (Wildman–Crippen LogP) is 4.81. The summed E-state index contributed by atoms with van der Waals surface area (Å²) in [5.74, 6) is 1.78. The van der Waals surface area contributed by atoms with Gasteiger partial charge in [-0.05, 0) is 42.5 Å². The lowest BCUT2D eigenvalue weighted by molar-refractivity contribution is 0.394. The van der Waals surface area contributed by atoms with Gasteiger partial charge in [-0.15, -0.1) is 0 Å². The van der Waals surface area contributed by atoms with Gasteiger partial charge in [0, 0.05) is 22.2 Å². The Hall–Kier alpha value is -2.35. The lowest BCUT2D eigenvalue weighted by atomic mass is 10.2. The highest BCUT2D eigenvalue weighted by atomic mass is 35.5. The molecule has 26 heavy (non-hydrogen) atoms. The minimum atomic E-state index is 0.328. The van der Waals surface area contributed by atoms with Crippen molar-refractivity contribution in [2.45, 2.75) is 0 Å². The van der Waals surface area contributed by atoms with Crippen LogP contribution in [0.5, 0.6) is 11.5 Å². The summed E-state index contributed by atoms with van der Waals surface area (Å²) in [6, 6.07) is 10.5. The van der Waals surface area contributed by atoms with Crippen LogP contribution in [0.15, 0.2) is 41.5 Å². The number of rotatable bonds is 5. The third-order valence-electron chi connectivity index (χ3n) is 3.58. The summed E-state index contributed by atoms with van der Waals surface area (Å²) in [5, 5.41) is 12.3. The standard InChI is InChI=1S/C17H14Cl2N4O2S/c1-24-12-5-3-10(15(8-12)25-2)9-20-23-16(21-22-17(23)26)13-6-4-11(18)7-14(13)19/h3-9H,1-2H3,(H,22,26). The lowest BCUT2D eigenvalue weighted by Gasteiger charge is -2.07. The summed E-state index contributed by atoms with van der Waals surface area (Å²) in [6.07, 6.45) is 1.62. The van der Waals surface area contributed by atoms with Gasteiger partial charge >= 0.3 is 0 Å². The van der Waals surface area contributed by atoms with Crippen LogP contribution in [0.2, 0.25) is 10.0 Å². The molecule has 6 nitrogen and oxygen atoms in total. The number of benzene rings is 2. The number of aromatic amines is 1. The quantitative estimate of drug-likeness (QED) is 0.485. The number of hydrogen-bond donors (Lipinski definition) is 1. The molecule has 0 saturated heterocycles. The van der Waals surface area contributed by atoms with E-state index >= 15 is 0 Å². The molecule has 2 aromatic carbocycles. The lowest BCUT2D eigenvalue weighted by Crippen LogP contribution is -1.97. The molecule has 134 valence electrons. The molecule has 0 fully saturated rings. The van der Waals surface area contributed by atoms with E-state index in [1.807, 2.05) is 12.1 Å². The molecular formula is C17H14Cl2N4O2S. The van der Waals surface area contributed by atoms with Crippen LogP contribution < -0.4 is 9.47 Å². The minimum absolute atomic E-state index is 0.328. The summed E-state index contributed by atoms with van der Waals surface area (Å²) < 4.78 is 12.4. The van der Waals surface area contributed by atoms with Crippen molar-refractivity contribution in [3.05, 3.63) is 56.8 Å². The monoisotopic (exact) mass is 408 g/mol. The van der Waals surface area contributed by atoms with E-state index < -0.39 is 0 Å². The molecular weight excluding hydrogens is 395 g/mol. The summed E-state index contributed by atoms with van der Waals surface area (Å²) in [4.78, 5) is 0. The van der Waals surface area contributed by atoms with E-state index in [1.54, 1.807) is 44.7 Å². The van der Waals surface area contributed by atoms with Gasteiger partial charge in [0.2, 0.25) is 4.77 Å². The zero-order valence-corrected chi connectivity index (χ0v) is 16.2. The summed E-state index contributed by atoms with van der Waals surface area (Å²) in [5.41, 5.74) is 1.41. The molecule has 0 spiro atoms. The van der Waals surface area contributed by atoms with Crippen LogP contribution in [0.3, 0.4) is 0 Å². The predicted molar refractivity (Wildman–Crippen MR) is 105 cm³/mol. The van der Waals surface area contributed by atoms with Gasteiger partial charge in [-0.1, -0.05) is 23.2 Å². The van der Waals surface area contributed by atoms with Gasteiger partial charge in [-0.3, -0.25) is 0 Å². The van der Waals surface area contributed by atoms with E-state index in [2.05, 4.69) is 15.3 Å². The molecule has 0 unspecified atom stereocenters. The molecule has 0 bridgehead atoms. The molecule has 0 radical (unpaired) electrons. The number of methoxy groups -OCH3 is 2. The van der Waals surface area contributed by atoms with Gasteiger partial charge in [0.25, 0.3) is 0 Å². The summed E-state index contributed by atoms with van der Waals surface area (Å²) in [6.45, 7) is 0. The fourth-order valence-corrected chi connectivity index (χ4v) is 2.96. The first-order chi connectivity index (χ1) is 12.5. The first kappa shape index (κ1) is 18.4. The fourth-order valence-electron chi connectivity index (χ4n) is 2.29. The zero-order chi connectivity index (χ0) is 18.7.